The van der Waals surface area contributed by atoms with Gasteiger partial charge in [-0.05, 0) is 28.9 Å². The van der Waals surface area contributed by atoms with Crippen LogP contribution in [0.4, 0.5) is 0 Å². The largest absolute Gasteiger partial charge is 0.293 e. The average molecular weight is 243 g/mol. The molecule has 0 saturated carbocycles. The van der Waals surface area contributed by atoms with Crippen molar-refractivity contribution in [2.24, 2.45) is 0 Å². The fourth-order valence-electron chi connectivity index (χ4n) is 1.27. The topological polar surface area (TPSA) is 17.1 Å². The Morgan fingerprint density at radius 2 is 2.25 bits per heavy atom. The van der Waals surface area contributed by atoms with Crippen LogP contribution in [0.1, 0.15) is 17.3 Å². The maximum absolute atomic E-state index is 11.5. The zero-order chi connectivity index (χ0) is 8.72. The van der Waals surface area contributed by atoms with Crippen molar-refractivity contribution in [3.05, 3.63) is 28.2 Å². The summed E-state index contributed by atoms with van der Waals surface area (Å²) < 4.78 is 1.03. The highest BCUT2D eigenvalue weighted by atomic mass is 79.9. The SMILES string of the molecule is CC1Sc2c(Br)cccc2C1=O. The summed E-state index contributed by atoms with van der Waals surface area (Å²) in [6, 6.07) is 5.76. The monoisotopic (exact) mass is 242 g/mol. The molecule has 0 radical (unpaired) electrons. The molecule has 0 bridgehead atoms. The van der Waals surface area contributed by atoms with Gasteiger partial charge in [-0.3, -0.25) is 4.79 Å². The molecule has 12 heavy (non-hydrogen) atoms. The van der Waals surface area contributed by atoms with Crippen LogP contribution in [-0.4, -0.2) is 11.0 Å². The van der Waals surface area contributed by atoms with E-state index in [9.17, 15) is 4.79 Å². The van der Waals surface area contributed by atoms with Gasteiger partial charge in [0.1, 0.15) is 0 Å². The van der Waals surface area contributed by atoms with E-state index in [0.29, 0.717) is 0 Å². The van der Waals surface area contributed by atoms with Crippen LogP contribution in [0.5, 0.6) is 0 Å². The Labute approximate surface area is 83.7 Å². The lowest BCUT2D eigenvalue weighted by Gasteiger charge is -1.97. The van der Waals surface area contributed by atoms with E-state index in [1.54, 1.807) is 11.8 Å². The number of benzene rings is 1. The van der Waals surface area contributed by atoms with Crippen molar-refractivity contribution in [2.45, 2.75) is 17.1 Å². The summed E-state index contributed by atoms with van der Waals surface area (Å²) in [6.45, 7) is 1.94. The minimum absolute atomic E-state index is 0.0821. The van der Waals surface area contributed by atoms with Crippen molar-refractivity contribution >= 4 is 33.5 Å². The lowest BCUT2D eigenvalue weighted by atomic mass is 10.1. The van der Waals surface area contributed by atoms with Gasteiger partial charge < -0.3 is 0 Å². The van der Waals surface area contributed by atoms with Crippen molar-refractivity contribution in [3.8, 4) is 0 Å². The van der Waals surface area contributed by atoms with Crippen LogP contribution < -0.4 is 0 Å². The summed E-state index contributed by atoms with van der Waals surface area (Å²) in [4.78, 5) is 12.6. The molecule has 1 heterocycles. The Morgan fingerprint density at radius 3 is 2.92 bits per heavy atom. The molecule has 1 atom stereocenters. The summed E-state index contributed by atoms with van der Waals surface area (Å²) in [5.74, 6) is 0.247. The molecule has 0 aliphatic carbocycles. The minimum atomic E-state index is 0.0821. The van der Waals surface area contributed by atoms with Crippen molar-refractivity contribution in [1.82, 2.24) is 0 Å². The highest BCUT2D eigenvalue weighted by molar-refractivity contribution is 9.10. The predicted molar refractivity (Wildman–Crippen MR) is 53.8 cm³/mol. The smallest absolute Gasteiger partial charge is 0.177 e. The molecular formula is C9H7BrOS. The van der Waals surface area contributed by atoms with Crippen LogP contribution >= 0.6 is 27.7 Å². The number of ketones is 1. The van der Waals surface area contributed by atoms with Gasteiger partial charge in [0.25, 0.3) is 0 Å². The number of fused-ring (bicyclic) bond motifs is 1. The Balaban J connectivity index is 2.61. The third-order valence-electron chi connectivity index (χ3n) is 1.90. The molecule has 0 amide bonds. The first-order chi connectivity index (χ1) is 5.70. The normalized spacial score (nSPS) is 21.2. The molecule has 1 aromatic rings. The molecule has 1 aliphatic rings. The van der Waals surface area contributed by atoms with Gasteiger partial charge in [-0.25, -0.2) is 0 Å². The second-order valence-electron chi connectivity index (χ2n) is 2.74. The zero-order valence-corrected chi connectivity index (χ0v) is 8.91. The maximum Gasteiger partial charge on any atom is 0.177 e. The van der Waals surface area contributed by atoms with E-state index in [4.69, 9.17) is 0 Å². The number of hydrogen-bond acceptors (Lipinski definition) is 2. The molecular weight excluding hydrogens is 236 g/mol. The summed E-state index contributed by atoms with van der Waals surface area (Å²) in [7, 11) is 0. The van der Waals surface area contributed by atoms with Gasteiger partial charge in [0.2, 0.25) is 0 Å². The van der Waals surface area contributed by atoms with E-state index in [1.807, 2.05) is 25.1 Å². The van der Waals surface area contributed by atoms with Crippen LogP contribution in [0, 0.1) is 0 Å². The molecule has 62 valence electrons. The number of rotatable bonds is 0. The molecule has 1 nitrogen and oxygen atoms in total. The first-order valence-corrected chi connectivity index (χ1v) is 5.37. The zero-order valence-electron chi connectivity index (χ0n) is 6.50. The summed E-state index contributed by atoms with van der Waals surface area (Å²) in [5, 5.41) is 0.0821. The van der Waals surface area contributed by atoms with Crippen LogP contribution in [0.15, 0.2) is 27.6 Å². The number of Topliss-reactive ketones (excluding diaryl/α,β-unsaturated/α-hetero) is 1. The van der Waals surface area contributed by atoms with Gasteiger partial charge in [-0.1, -0.05) is 12.1 Å². The lowest BCUT2D eigenvalue weighted by molar-refractivity contribution is 0.0996. The van der Waals surface area contributed by atoms with Gasteiger partial charge in [-0.15, -0.1) is 11.8 Å². The summed E-state index contributed by atoms with van der Waals surface area (Å²) >= 11 is 5.06. The molecule has 3 heteroatoms. The highest BCUT2D eigenvalue weighted by Crippen LogP contribution is 2.41. The lowest BCUT2D eigenvalue weighted by Crippen LogP contribution is -2.05. The number of thioether (sulfide) groups is 1. The van der Waals surface area contributed by atoms with E-state index >= 15 is 0 Å². The second-order valence-corrected chi connectivity index (χ2v) is 4.95. The summed E-state index contributed by atoms with van der Waals surface area (Å²) in [5.41, 5.74) is 0.863. The number of hydrogen-bond donors (Lipinski definition) is 0. The van der Waals surface area contributed by atoms with Gasteiger partial charge in [0, 0.05) is 14.9 Å². The Hall–Kier alpha value is -0.280. The van der Waals surface area contributed by atoms with Gasteiger partial charge in [0.15, 0.2) is 5.78 Å². The molecule has 0 fully saturated rings. The van der Waals surface area contributed by atoms with Crippen LogP contribution in [-0.2, 0) is 0 Å². The quantitative estimate of drug-likeness (QED) is 0.696. The van der Waals surface area contributed by atoms with Crippen molar-refractivity contribution < 1.29 is 4.79 Å². The Morgan fingerprint density at radius 1 is 1.50 bits per heavy atom. The van der Waals surface area contributed by atoms with E-state index in [1.165, 1.54) is 0 Å². The number of carbonyl (C=O) groups is 1. The molecule has 1 aliphatic heterocycles. The first kappa shape index (κ1) is 8.32. The third-order valence-corrected chi connectivity index (χ3v) is 4.06. The fourth-order valence-corrected chi connectivity index (χ4v) is 2.98. The van der Waals surface area contributed by atoms with Crippen LogP contribution in [0.25, 0.3) is 0 Å². The average Bonchev–Trinajstić information content (AvgIpc) is 2.32. The van der Waals surface area contributed by atoms with Crippen molar-refractivity contribution in [3.63, 3.8) is 0 Å². The van der Waals surface area contributed by atoms with E-state index in [2.05, 4.69) is 15.9 Å². The molecule has 0 saturated heterocycles. The molecule has 0 aromatic heterocycles. The molecule has 0 spiro atoms. The van der Waals surface area contributed by atoms with Gasteiger partial charge in [-0.2, -0.15) is 0 Å². The van der Waals surface area contributed by atoms with Gasteiger partial charge in [0.05, 0.1) is 5.25 Å². The fraction of sp³-hybridized carbons (Fsp3) is 0.222. The Bertz CT molecular complexity index is 348. The van der Waals surface area contributed by atoms with Crippen LogP contribution in [0.3, 0.4) is 0 Å². The number of carbonyl (C=O) groups excluding carboxylic acids is 1. The maximum atomic E-state index is 11.5. The van der Waals surface area contributed by atoms with E-state index in [0.717, 1.165) is 14.9 Å². The predicted octanol–water partition coefficient (Wildman–Crippen LogP) is 3.13. The highest BCUT2D eigenvalue weighted by Gasteiger charge is 2.28. The molecule has 1 unspecified atom stereocenters. The third kappa shape index (κ3) is 1.12. The minimum Gasteiger partial charge on any atom is -0.293 e. The molecule has 1 aromatic carbocycles. The standard InChI is InChI=1S/C9H7BrOS/c1-5-8(11)6-3-2-4-7(10)9(6)12-5/h2-5H,1H3. The molecule has 2 rings (SSSR count). The second kappa shape index (κ2) is 2.89. The number of halogens is 1. The van der Waals surface area contributed by atoms with Crippen molar-refractivity contribution in [1.29, 1.82) is 0 Å². The first-order valence-electron chi connectivity index (χ1n) is 3.69. The van der Waals surface area contributed by atoms with E-state index in [-0.39, 0.29) is 11.0 Å². The van der Waals surface area contributed by atoms with Crippen molar-refractivity contribution in [2.75, 3.05) is 0 Å². The Kier molecular flexibility index (Phi) is 2.00. The van der Waals surface area contributed by atoms with Gasteiger partial charge >= 0.3 is 0 Å². The van der Waals surface area contributed by atoms with E-state index < -0.39 is 0 Å². The molecule has 0 N–H and O–H groups in total. The van der Waals surface area contributed by atoms with Crippen LogP contribution in [0.2, 0.25) is 0 Å². The summed E-state index contributed by atoms with van der Waals surface area (Å²) in [6.07, 6.45) is 0.